The normalized spacial score (nSPS) is 21.4. The number of nitrogens with one attached hydrogen (secondary N) is 1. The molecule has 13 heavy (non-hydrogen) atoms. The third kappa shape index (κ3) is 2.14. The Bertz CT molecular complexity index is 305. The number of hydrazine groups is 1. The zero-order chi connectivity index (χ0) is 9.10. The highest BCUT2D eigenvalue weighted by Gasteiger charge is 2.11. The molecule has 1 N–H and O–H groups in total. The quantitative estimate of drug-likeness (QED) is 0.669. The lowest BCUT2D eigenvalue weighted by atomic mass is 10.1. The fourth-order valence-corrected chi connectivity index (χ4v) is 2.00. The van der Waals surface area contributed by atoms with Crippen LogP contribution in [0, 0.1) is 0 Å². The Hall–Kier alpha value is -0.740. The van der Waals surface area contributed by atoms with Gasteiger partial charge in [0.25, 0.3) is 0 Å². The Morgan fingerprint density at radius 1 is 1.54 bits per heavy atom. The molecule has 0 unspecified atom stereocenters. The zero-order valence-electron chi connectivity index (χ0n) is 7.06. The average Bonchev–Trinajstić information content (AvgIpc) is 2.19. The van der Waals surface area contributed by atoms with E-state index in [2.05, 4.69) is 23.7 Å². The minimum atomic E-state index is 0.804. The maximum atomic E-state index is 5.07. The van der Waals surface area contributed by atoms with E-state index in [1.54, 1.807) is 0 Å². The van der Waals surface area contributed by atoms with Gasteiger partial charge in [0.05, 0.1) is 0 Å². The fraction of sp³-hybridized carbons (Fsp3) is 0.222. The van der Waals surface area contributed by atoms with Gasteiger partial charge >= 0.3 is 0 Å². The van der Waals surface area contributed by atoms with Crippen LogP contribution in [0.1, 0.15) is 12.8 Å². The van der Waals surface area contributed by atoms with Gasteiger partial charge in [-0.25, -0.2) is 0 Å². The van der Waals surface area contributed by atoms with Gasteiger partial charge in [-0.05, 0) is 24.3 Å². The third-order valence-corrected chi connectivity index (χ3v) is 2.84. The number of thioether (sulfide) groups is 1. The van der Waals surface area contributed by atoms with Crippen LogP contribution in [0.2, 0.25) is 0 Å². The molecule has 0 aromatic rings. The summed E-state index contributed by atoms with van der Waals surface area (Å²) in [5.74, 6) is 0. The molecule has 0 fully saturated rings. The van der Waals surface area contributed by atoms with Crippen LogP contribution < -0.4 is 5.43 Å². The van der Waals surface area contributed by atoms with Crippen molar-refractivity contribution in [3.63, 3.8) is 0 Å². The summed E-state index contributed by atoms with van der Waals surface area (Å²) in [5, 5.41) is 3.99. The second kappa shape index (κ2) is 3.98. The molecule has 0 aromatic carbocycles. The van der Waals surface area contributed by atoms with E-state index < -0.39 is 0 Å². The van der Waals surface area contributed by atoms with Crippen LogP contribution in [0.25, 0.3) is 0 Å². The summed E-state index contributed by atoms with van der Waals surface area (Å²) in [6.07, 6.45) is 10.5. The van der Waals surface area contributed by atoms with Gasteiger partial charge in [0.15, 0.2) is 4.32 Å². The molecule has 1 heterocycles. The molecule has 2 nitrogen and oxygen atoms in total. The molecule has 0 bridgehead atoms. The second-order valence-corrected chi connectivity index (χ2v) is 4.38. The Kier molecular flexibility index (Phi) is 2.71. The van der Waals surface area contributed by atoms with E-state index in [-0.39, 0.29) is 0 Å². The Labute approximate surface area is 87.3 Å². The molecule has 68 valence electrons. The molecule has 1 aliphatic carbocycles. The maximum Gasteiger partial charge on any atom is 0.157 e. The van der Waals surface area contributed by atoms with Crippen molar-refractivity contribution in [2.75, 3.05) is 0 Å². The van der Waals surface area contributed by atoms with Gasteiger partial charge < -0.3 is 0 Å². The predicted molar refractivity (Wildman–Crippen MR) is 60.8 cm³/mol. The zero-order valence-corrected chi connectivity index (χ0v) is 8.70. The molecule has 0 aromatic heterocycles. The van der Waals surface area contributed by atoms with E-state index >= 15 is 0 Å². The van der Waals surface area contributed by atoms with E-state index in [0.29, 0.717) is 0 Å². The van der Waals surface area contributed by atoms with E-state index in [4.69, 9.17) is 12.2 Å². The first-order valence-corrected chi connectivity index (χ1v) is 5.44. The van der Waals surface area contributed by atoms with E-state index in [1.165, 1.54) is 17.5 Å². The number of thiocarbonyl (C=S) groups is 1. The van der Waals surface area contributed by atoms with Crippen LogP contribution in [0.3, 0.4) is 0 Å². The standard InChI is InChI=1S/C9H10N2S2/c12-9-10-11(6-7-13-9)8-4-2-1-3-5-8/h1-2,4,6-7H,3,5H2,(H,10,12). The van der Waals surface area contributed by atoms with Crippen molar-refractivity contribution in [1.29, 1.82) is 0 Å². The summed E-state index contributed by atoms with van der Waals surface area (Å²) in [4.78, 5) is 0. The molecule has 4 heteroatoms. The second-order valence-electron chi connectivity index (χ2n) is 2.80. The maximum absolute atomic E-state index is 5.07. The van der Waals surface area contributed by atoms with Crippen LogP contribution in [0.15, 0.2) is 35.5 Å². The summed E-state index contributed by atoms with van der Waals surface area (Å²) < 4.78 is 0.804. The Balaban J connectivity index is 2.11. The molecular weight excluding hydrogens is 200 g/mol. The van der Waals surface area contributed by atoms with Crippen LogP contribution >= 0.6 is 24.0 Å². The SMILES string of the molecule is S=C1NN(C2=CC=CCC2)C=CS1. The molecule has 0 amide bonds. The van der Waals surface area contributed by atoms with Gasteiger partial charge in [0, 0.05) is 11.9 Å². The molecule has 2 rings (SSSR count). The van der Waals surface area contributed by atoms with Crippen LogP contribution in [0.5, 0.6) is 0 Å². The monoisotopic (exact) mass is 210 g/mol. The van der Waals surface area contributed by atoms with Gasteiger partial charge in [0.1, 0.15) is 0 Å². The van der Waals surface area contributed by atoms with Crippen molar-refractivity contribution < 1.29 is 0 Å². The molecule has 1 aliphatic heterocycles. The van der Waals surface area contributed by atoms with Crippen LogP contribution in [-0.2, 0) is 0 Å². The Morgan fingerprint density at radius 3 is 3.15 bits per heavy atom. The summed E-state index contributed by atoms with van der Waals surface area (Å²) in [5.41, 5.74) is 4.39. The summed E-state index contributed by atoms with van der Waals surface area (Å²) in [6.45, 7) is 0. The lowest BCUT2D eigenvalue weighted by Crippen LogP contribution is -2.37. The number of nitrogens with zero attached hydrogens (tertiary/aromatic N) is 1. The molecular formula is C9H10N2S2. The minimum absolute atomic E-state index is 0.804. The third-order valence-electron chi connectivity index (χ3n) is 1.90. The Morgan fingerprint density at radius 2 is 2.46 bits per heavy atom. The van der Waals surface area contributed by atoms with Gasteiger partial charge in [-0.3, -0.25) is 10.4 Å². The first-order chi connectivity index (χ1) is 6.36. The minimum Gasteiger partial charge on any atom is -0.278 e. The molecule has 0 spiro atoms. The van der Waals surface area contributed by atoms with Crippen molar-refractivity contribution in [2.45, 2.75) is 12.8 Å². The van der Waals surface area contributed by atoms with E-state index in [0.717, 1.165) is 17.2 Å². The summed E-state index contributed by atoms with van der Waals surface area (Å²) in [6, 6.07) is 0. The fourth-order valence-electron chi connectivity index (χ4n) is 1.27. The van der Waals surface area contributed by atoms with Crippen molar-refractivity contribution in [3.05, 3.63) is 35.5 Å². The lowest BCUT2D eigenvalue weighted by Gasteiger charge is -2.28. The number of rotatable bonds is 1. The van der Waals surface area contributed by atoms with Gasteiger partial charge in [0.2, 0.25) is 0 Å². The van der Waals surface area contributed by atoms with Crippen LogP contribution in [0.4, 0.5) is 0 Å². The van der Waals surface area contributed by atoms with Crippen molar-refractivity contribution in [1.82, 2.24) is 10.4 Å². The predicted octanol–water partition coefficient (Wildman–Crippen LogP) is 2.53. The first kappa shape index (κ1) is 8.84. The highest BCUT2D eigenvalue weighted by atomic mass is 32.2. The van der Waals surface area contributed by atoms with Crippen molar-refractivity contribution >= 4 is 28.3 Å². The topological polar surface area (TPSA) is 15.3 Å². The van der Waals surface area contributed by atoms with Gasteiger partial charge in [-0.2, -0.15) is 0 Å². The van der Waals surface area contributed by atoms with Gasteiger partial charge in [-0.1, -0.05) is 36.1 Å². The lowest BCUT2D eigenvalue weighted by molar-refractivity contribution is 0.405. The molecule has 0 saturated heterocycles. The number of allylic oxidation sites excluding steroid dienone is 4. The molecule has 0 atom stereocenters. The smallest absolute Gasteiger partial charge is 0.157 e. The number of hydrogen-bond acceptors (Lipinski definition) is 3. The van der Waals surface area contributed by atoms with E-state index in [9.17, 15) is 0 Å². The first-order valence-electron chi connectivity index (χ1n) is 4.15. The van der Waals surface area contributed by atoms with Crippen molar-refractivity contribution in [2.24, 2.45) is 0 Å². The largest absolute Gasteiger partial charge is 0.278 e. The molecule has 0 saturated carbocycles. The van der Waals surface area contributed by atoms with Gasteiger partial charge in [-0.15, -0.1) is 0 Å². The van der Waals surface area contributed by atoms with Crippen LogP contribution in [-0.4, -0.2) is 9.33 Å². The summed E-state index contributed by atoms with van der Waals surface area (Å²) >= 11 is 6.60. The molecule has 2 aliphatic rings. The summed E-state index contributed by atoms with van der Waals surface area (Å²) in [7, 11) is 0. The average molecular weight is 210 g/mol. The van der Waals surface area contributed by atoms with E-state index in [1.807, 2.05) is 16.6 Å². The molecule has 0 radical (unpaired) electrons. The highest BCUT2D eigenvalue weighted by Crippen LogP contribution is 2.20. The van der Waals surface area contributed by atoms with Crippen molar-refractivity contribution in [3.8, 4) is 0 Å². The number of hydrogen-bond donors (Lipinski definition) is 1. The highest BCUT2D eigenvalue weighted by molar-refractivity contribution is 8.24.